The summed E-state index contributed by atoms with van der Waals surface area (Å²) in [5.41, 5.74) is 7.21. The van der Waals surface area contributed by atoms with Gasteiger partial charge in [-0.15, -0.1) is 0 Å². The average Bonchev–Trinajstić information content (AvgIpc) is 2.25. The molecule has 0 aliphatic carbocycles. The Morgan fingerprint density at radius 2 is 2.13 bits per heavy atom. The number of rotatable bonds is 4. The molecule has 1 rings (SSSR count). The summed E-state index contributed by atoms with van der Waals surface area (Å²) in [4.78, 5) is 13.3. The van der Waals surface area contributed by atoms with E-state index in [9.17, 15) is 4.79 Å². The summed E-state index contributed by atoms with van der Waals surface area (Å²) >= 11 is 1.67. The maximum atomic E-state index is 11.7. The highest BCUT2D eigenvalue weighted by Crippen LogP contribution is 2.21. The van der Waals surface area contributed by atoms with Gasteiger partial charge in [0.1, 0.15) is 0 Å². The first kappa shape index (κ1) is 11.9. The zero-order valence-corrected chi connectivity index (χ0v) is 9.88. The molecule has 0 saturated carbocycles. The molecule has 4 heteroatoms. The second-order valence-corrected chi connectivity index (χ2v) is 4.24. The maximum Gasteiger partial charge on any atom is 0.227 e. The van der Waals surface area contributed by atoms with Crippen molar-refractivity contribution in [2.24, 2.45) is 0 Å². The Bertz CT molecular complexity index is 341. The number of nitrogens with two attached hydrogens (primary N) is 1. The molecule has 3 nitrogen and oxygen atoms in total. The van der Waals surface area contributed by atoms with Gasteiger partial charge < -0.3 is 10.6 Å². The van der Waals surface area contributed by atoms with E-state index in [4.69, 9.17) is 5.73 Å². The van der Waals surface area contributed by atoms with Gasteiger partial charge in [0.05, 0.1) is 11.4 Å². The number of nitrogen functional groups attached to an aromatic ring is 1. The predicted octanol–water partition coefficient (Wildman–Crippen LogP) is 1.98. The van der Waals surface area contributed by atoms with Crippen molar-refractivity contribution in [2.45, 2.75) is 6.42 Å². The van der Waals surface area contributed by atoms with Crippen molar-refractivity contribution in [2.75, 3.05) is 29.7 Å². The second kappa shape index (κ2) is 5.66. The van der Waals surface area contributed by atoms with Crippen LogP contribution in [0.4, 0.5) is 11.4 Å². The summed E-state index contributed by atoms with van der Waals surface area (Å²) < 4.78 is 0. The van der Waals surface area contributed by atoms with E-state index in [0.29, 0.717) is 12.1 Å². The molecule has 82 valence electrons. The smallest absolute Gasteiger partial charge is 0.227 e. The first-order valence-corrected chi connectivity index (χ1v) is 6.16. The van der Waals surface area contributed by atoms with Crippen LogP contribution in [0.2, 0.25) is 0 Å². The number of anilines is 2. The monoisotopic (exact) mass is 224 g/mol. The average molecular weight is 224 g/mol. The van der Waals surface area contributed by atoms with Gasteiger partial charge in [-0.05, 0) is 18.4 Å². The molecule has 0 aliphatic heterocycles. The second-order valence-electron chi connectivity index (χ2n) is 3.25. The third-order valence-corrected chi connectivity index (χ3v) is 2.80. The van der Waals surface area contributed by atoms with Crippen molar-refractivity contribution < 1.29 is 4.79 Å². The van der Waals surface area contributed by atoms with E-state index < -0.39 is 0 Å². The van der Waals surface area contributed by atoms with Crippen molar-refractivity contribution in [3.8, 4) is 0 Å². The molecule has 2 N–H and O–H groups in total. The van der Waals surface area contributed by atoms with Crippen LogP contribution in [0, 0.1) is 0 Å². The van der Waals surface area contributed by atoms with Crippen LogP contribution in [-0.2, 0) is 4.79 Å². The Balaban J connectivity index is 2.72. The normalized spacial score (nSPS) is 10.0. The number of thioether (sulfide) groups is 1. The fourth-order valence-corrected chi connectivity index (χ4v) is 1.66. The highest BCUT2D eigenvalue weighted by atomic mass is 32.2. The van der Waals surface area contributed by atoms with E-state index in [1.165, 1.54) is 0 Å². The van der Waals surface area contributed by atoms with Crippen LogP contribution in [0.15, 0.2) is 24.3 Å². The molecule has 1 amide bonds. The van der Waals surface area contributed by atoms with Crippen molar-refractivity contribution in [1.29, 1.82) is 0 Å². The first-order valence-electron chi connectivity index (χ1n) is 4.77. The number of carbonyl (C=O) groups is 1. The first-order chi connectivity index (χ1) is 7.16. The summed E-state index contributed by atoms with van der Waals surface area (Å²) in [6.45, 7) is 0. The molecular weight excluding hydrogens is 208 g/mol. The number of para-hydroxylation sites is 2. The molecule has 0 bridgehead atoms. The third kappa shape index (κ3) is 3.16. The van der Waals surface area contributed by atoms with Crippen LogP contribution in [0.3, 0.4) is 0 Å². The van der Waals surface area contributed by atoms with Crippen molar-refractivity contribution in [3.63, 3.8) is 0 Å². The molecule has 0 radical (unpaired) electrons. The zero-order valence-electron chi connectivity index (χ0n) is 9.06. The summed E-state index contributed by atoms with van der Waals surface area (Å²) in [7, 11) is 1.76. The van der Waals surface area contributed by atoms with Crippen molar-refractivity contribution in [1.82, 2.24) is 0 Å². The molecule has 0 heterocycles. The number of hydrogen-bond acceptors (Lipinski definition) is 3. The summed E-state index contributed by atoms with van der Waals surface area (Å²) in [5, 5.41) is 0. The highest BCUT2D eigenvalue weighted by Gasteiger charge is 2.11. The fourth-order valence-electron chi connectivity index (χ4n) is 1.28. The number of carbonyl (C=O) groups excluding carboxylic acids is 1. The largest absolute Gasteiger partial charge is 0.397 e. The Labute approximate surface area is 94.6 Å². The van der Waals surface area contributed by atoms with Crippen LogP contribution in [0.25, 0.3) is 0 Å². The van der Waals surface area contributed by atoms with Crippen LogP contribution in [0.1, 0.15) is 6.42 Å². The molecular formula is C11H16N2OS. The SMILES string of the molecule is CSCCC(=O)N(C)c1ccccc1N. The molecule has 0 unspecified atom stereocenters. The number of hydrogen-bond donors (Lipinski definition) is 1. The van der Waals surface area contributed by atoms with Gasteiger partial charge in [0.2, 0.25) is 5.91 Å². The molecule has 0 aromatic heterocycles. The Hall–Kier alpha value is -1.16. The van der Waals surface area contributed by atoms with Gasteiger partial charge in [0, 0.05) is 19.2 Å². The van der Waals surface area contributed by atoms with Gasteiger partial charge in [0.25, 0.3) is 0 Å². The Kier molecular flexibility index (Phi) is 4.49. The molecule has 0 saturated heterocycles. The lowest BCUT2D eigenvalue weighted by Gasteiger charge is -2.18. The van der Waals surface area contributed by atoms with Crippen LogP contribution in [-0.4, -0.2) is 25.0 Å². The quantitative estimate of drug-likeness (QED) is 0.795. The Morgan fingerprint density at radius 1 is 1.47 bits per heavy atom. The van der Waals surface area contributed by atoms with E-state index in [1.54, 1.807) is 29.8 Å². The lowest BCUT2D eigenvalue weighted by atomic mass is 10.2. The van der Waals surface area contributed by atoms with Crippen LogP contribution >= 0.6 is 11.8 Å². The number of nitrogens with zero attached hydrogens (tertiary/aromatic N) is 1. The van der Waals surface area contributed by atoms with Gasteiger partial charge in [-0.2, -0.15) is 11.8 Å². The lowest BCUT2D eigenvalue weighted by Crippen LogP contribution is -2.27. The molecule has 1 aromatic carbocycles. The Morgan fingerprint density at radius 3 is 2.73 bits per heavy atom. The van der Waals surface area contributed by atoms with E-state index in [2.05, 4.69) is 0 Å². The highest BCUT2D eigenvalue weighted by molar-refractivity contribution is 7.98. The van der Waals surface area contributed by atoms with Gasteiger partial charge in [-0.1, -0.05) is 12.1 Å². The van der Waals surface area contributed by atoms with E-state index in [1.807, 2.05) is 24.5 Å². The van der Waals surface area contributed by atoms with Crippen molar-refractivity contribution >= 4 is 29.0 Å². The number of amides is 1. The lowest BCUT2D eigenvalue weighted by molar-refractivity contribution is -0.117. The minimum absolute atomic E-state index is 0.0993. The topological polar surface area (TPSA) is 46.3 Å². The molecule has 1 aromatic rings. The van der Waals surface area contributed by atoms with Crippen LogP contribution in [0.5, 0.6) is 0 Å². The number of benzene rings is 1. The van der Waals surface area contributed by atoms with E-state index >= 15 is 0 Å². The predicted molar refractivity (Wildman–Crippen MR) is 67.3 cm³/mol. The molecule has 0 aliphatic rings. The summed E-state index contributed by atoms with van der Waals surface area (Å²) in [6, 6.07) is 7.39. The van der Waals surface area contributed by atoms with E-state index in [-0.39, 0.29) is 5.91 Å². The van der Waals surface area contributed by atoms with Crippen molar-refractivity contribution in [3.05, 3.63) is 24.3 Å². The summed E-state index contributed by atoms with van der Waals surface area (Å²) in [6.07, 6.45) is 2.54. The van der Waals surface area contributed by atoms with Gasteiger partial charge in [0.15, 0.2) is 0 Å². The summed E-state index contributed by atoms with van der Waals surface area (Å²) in [5.74, 6) is 0.942. The molecule has 15 heavy (non-hydrogen) atoms. The van der Waals surface area contributed by atoms with E-state index in [0.717, 1.165) is 11.4 Å². The molecule has 0 spiro atoms. The van der Waals surface area contributed by atoms with Gasteiger partial charge >= 0.3 is 0 Å². The van der Waals surface area contributed by atoms with Crippen LogP contribution < -0.4 is 10.6 Å². The zero-order chi connectivity index (χ0) is 11.3. The standard InChI is InChI=1S/C11H16N2OS/c1-13(11(14)7-8-15-2)10-6-4-3-5-9(10)12/h3-6H,7-8,12H2,1-2H3. The third-order valence-electron chi connectivity index (χ3n) is 2.19. The minimum atomic E-state index is 0.0993. The molecule has 0 atom stereocenters. The maximum absolute atomic E-state index is 11.7. The van der Waals surface area contributed by atoms with Gasteiger partial charge in [-0.3, -0.25) is 4.79 Å². The van der Waals surface area contributed by atoms with Gasteiger partial charge in [-0.25, -0.2) is 0 Å². The minimum Gasteiger partial charge on any atom is -0.397 e. The fraction of sp³-hybridized carbons (Fsp3) is 0.364. The molecule has 0 fully saturated rings.